The van der Waals surface area contributed by atoms with Gasteiger partial charge in [0.2, 0.25) is 0 Å². The zero-order valence-electron chi connectivity index (χ0n) is 9.35. The van der Waals surface area contributed by atoms with E-state index in [-0.39, 0.29) is 17.7 Å². The molecule has 17 heavy (non-hydrogen) atoms. The Morgan fingerprint density at radius 2 is 1.88 bits per heavy atom. The molecule has 0 aliphatic rings. The van der Waals surface area contributed by atoms with Crippen LogP contribution in [-0.2, 0) is 4.74 Å². The van der Waals surface area contributed by atoms with E-state index in [0.29, 0.717) is 0 Å². The van der Waals surface area contributed by atoms with Crippen LogP contribution < -0.4 is 0 Å². The summed E-state index contributed by atoms with van der Waals surface area (Å²) in [6.07, 6.45) is 0. The SMILES string of the molecule is CCOC(=O)c1c(C)cc(O)c(C(=O)O)c1O. The van der Waals surface area contributed by atoms with Crippen LogP contribution in [0.2, 0.25) is 0 Å². The number of rotatable bonds is 3. The maximum atomic E-state index is 11.5. The summed E-state index contributed by atoms with van der Waals surface area (Å²) in [5.41, 5.74) is -0.718. The minimum Gasteiger partial charge on any atom is -0.507 e. The molecule has 0 saturated carbocycles. The third kappa shape index (κ3) is 2.30. The zero-order chi connectivity index (χ0) is 13.2. The molecule has 3 N–H and O–H groups in total. The molecule has 92 valence electrons. The Balaban J connectivity index is 3.46. The summed E-state index contributed by atoms with van der Waals surface area (Å²) in [7, 11) is 0. The van der Waals surface area contributed by atoms with Crippen molar-refractivity contribution in [2.24, 2.45) is 0 Å². The predicted molar refractivity (Wildman–Crippen MR) is 57.4 cm³/mol. The summed E-state index contributed by atoms with van der Waals surface area (Å²) in [4.78, 5) is 22.3. The van der Waals surface area contributed by atoms with Crippen LogP contribution in [0.1, 0.15) is 33.2 Å². The first kappa shape index (κ1) is 12.8. The van der Waals surface area contributed by atoms with Gasteiger partial charge in [0.05, 0.1) is 6.61 Å². The second-order valence-electron chi connectivity index (χ2n) is 3.34. The average Bonchev–Trinajstić information content (AvgIpc) is 2.15. The lowest BCUT2D eigenvalue weighted by Crippen LogP contribution is -2.10. The number of aromatic hydroxyl groups is 2. The minimum absolute atomic E-state index is 0.0982. The number of aromatic carboxylic acids is 1. The van der Waals surface area contributed by atoms with Gasteiger partial charge in [0, 0.05) is 0 Å². The third-order valence-electron chi connectivity index (χ3n) is 2.17. The summed E-state index contributed by atoms with van der Waals surface area (Å²) in [6, 6.07) is 1.09. The highest BCUT2D eigenvalue weighted by Crippen LogP contribution is 2.33. The van der Waals surface area contributed by atoms with Crippen LogP contribution in [0.15, 0.2) is 6.07 Å². The Kier molecular flexibility index (Phi) is 3.57. The van der Waals surface area contributed by atoms with Crippen LogP contribution >= 0.6 is 0 Å². The number of hydrogen-bond donors (Lipinski definition) is 3. The first-order valence-corrected chi connectivity index (χ1v) is 4.86. The monoisotopic (exact) mass is 240 g/mol. The number of carboxylic acid groups (broad SMARTS) is 1. The molecule has 0 radical (unpaired) electrons. The van der Waals surface area contributed by atoms with Crippen molar-refractivity contribution in [3.05, 3.63) is 22.8 Å². The molecule has 0 saturated heterocycles. The molecule has 0 heterocycles. The van der Waals surface area contributed by atoms with Gasteiger partial charge in [-0.05, 0) is 25.5 Å². The van der Waals surface area contributed by atoms with Crippen molar-refractivity contribution >= 4 is 11.9 Å². The second-order valence-corrected chi connectivity index (χ2v) is 3.34. The van der Waals surface area contributed by atoms with Crippen molar-refractivity contribution in [1.82, 2.24) is 0 Å². The molecule has 0 aromatic heterocycles. The van der Waals surface area contributed by atoms with Crippen LogP contribution in [0, 0.1) is 6.92 Å². The van der Waals surface area contributed by atoms with E-state index in [1.807, 2.05) is 0 Å². The Morgan fingerprint density at radius 1 is 1.29 bits per heavy atom. The van der Waals surface area contributed by atoms with Crippen LogP contribution in [0.3, 0.4) is 0 Å². The number of esters is 1. The minimum atomic E-state index is -1.52. The summed E-state index contributed by atoms with van der Waals surface area (Å²) >= 11 is 0. The number of hydrogen-bond acceptors (Lipinski definition) is 5. The lowest BCUT2D eigenvalue weighted by molar-refractivity contribution is 0.0522. The highest BCUT2D eigenvalue weighted by molar-refractivity contribution is 6.02. The van der Waals surface area contributed by atoms with Gasteiger partial charge >= 0.3 is 11.9 Å². The molecule has 0 fully saturated rings. The standard InChI is InChI=1S/C11H12O6/c1-3-17-11(16)7-5(2)4-6(12)8(9(7)13)10(14)15/h4,12-13H,3H2,1-2H3,(H,14,15). The first-order chi connectivity index (χ1) is 7.90. The Bertz CT molecular complexity index is 477. The first-order valence-electron chi connectivity index (χ1n) is 4.86. The quantitative estimate of drug-likeness (QED) is 0.687. The molecule has 6 heteroatoms. The molecule has 0 amide bonds. The van der Waals surface area contributed by atoms with Gasteiger partial charge in [-0.25, -0.2) is 9.59 Å². The predicted octanol–water partition coefficient (Wildman–Crippen LogP) is 1.28. The molecule has 0 aliphatic heterocycles. The summed E-state index contributed by atoms with van der Waals surface area (Å²) in [5.74, 6) is -3.73. The molecule has 0 unspecified atom stereocenters. The third-order valence-corrected chi connectivity index (χ3v) is 2.17. The molecule has 0 aliphatic carbocycles. The summed E-state index contributed by atoms with van der Waals surface area (Å²) in [6.45, 7) is 3.14. The number of benzene rings is 1. The molecular formula is C11H12O6. The van der Waals surface area contributed by atoms with Crippen molar-refractivity contribution in [3.63, 3.8) is 0 Å². The fraction of sp³-hybridized carbons (Fsp3) is 0.273. The van der Waals surface area contributed by atoms with Crippen molar-refractivity contribution < 1.29 is 29.6 Å². The zero-order valence-corrected chi connectivity index (χ0v) is 9.35. The fourth-order valence-electron chi connectivity index (χ4n) is 1.45. The van der Waals surface area contributed by atoms with Crippen molar-refractivity contribution in [1.29, 1.82) is 0 Å². The van der Waals surface area contributed by atoms with Gasteiger partial charge in [0.1, 0.15) is 22.6 Å². The number of aryl methyl sites for hydroxylation is 1. The van der Waals surface area contributed by atoms with E-state index in [2.05, 4.69) is 0 Å². The molecule has 1 rings (SSSR count). The van der Waals surface area contributed by atoms with Crippen molar-refractivity contribution in [2.75, 3.05) is 6.61 Å². The molecule has 1 aromatic carbocycles. The Morgan fingerprint density at radius 3 is 2.35 bits per heavy atom. The Labute approximate surface area is 97.1 Å². The van der Waals surface area contributed by atoms with Crippen LogP contribution in [0.5, 0.6) is 11.5 Å². The summed E-state index contributed by atoms with van der Waals surface area (Å²) < 4.78 is 4.69. The second kappa shape index (κ2) is 4.73. The number of carboxylic acids is 1. The van der Waals surface area contributed by atoms with Gasteiger partial charge in [0.15, 0.2) is 0 Å². The van der Waals surface area contributed by atoms with Crippen LogP contribution in [0.25, 0.3) is 0 Å². The van der Waals surface area contributed by atoms with E-state index in [4.69, 9.17) is 9.84 Å². The van der Waals surface area contributed by atoms with Gasteiger partial charge in [-0.1, -0.05) is 0 Å². The van der Waals surface area contributed by atoms with E-state index in [9.17, 15) is 19.8 Å². The van der Waals surface area contributed by atoms with E-state index in [1.165, 1.54) is 6.92 Å². The maximum absolute atomic E-state index is 11.5. The van der Waals surface area contributed by atoms with Crippen LogP contribution in [0.4, 0.5) is 0 Å². The van der Waals surface area contributed by atoms with E-state index < -0.39 is 29.0 Å². The fourth-order valence-corrected chi connectivity index (χ4v) is 1.45. The lowest BCUT2D eigenvalue weighted by atomic mass is 10.0. The molecule has 0 spiro atoms. The molecule has 1 aromatic rings. The average molecular weight is 240 g/mol. The smallest absolute Gasteiger partial charge is 0.343 e. The highest BCUT2D eigenvalue weighted by Gasteiger charge is 2.25. The highest BCUT2D eigenvalue weighted by atomic mass is 16.5. The van der Waals surface area contributed by atoms with Crippen LogP contribution in [-0.4, -0.2) is 33.9 Å². The van der Waals surface area contributed by atoms with Gasteiger partial charge in [-0.15, -0.1) is 0 Å². The van der Waals surface area contributed by atoms with Gasteiger partial charge in [-0.3, -0.25) is 0 Å². The van der Waals surface area contributed by atoms with Gasteiger partial charge in [-0.2, -0.15) is 0 Å². The van der Waals surface area contributed by atoms with E-state index in [0.717, 1.165) is 6.07 Å². The number of carbonyl (C=O) groups excluding carboxylic acids is 1. The molecule has 0 bridgehead atoms. The maximum Gasteiger partial charge on any atom is 0.343 e. The van der Waals surface area contributed by atoms with E-state index >= 15 is 0 Å². The molecule has 0 atom stereocenters. The largest absolute Gasteiger partial charge is 0.507 e. The Hall–Kier alpha value is -2.24. The lowest BCUT2D eigenvalue weighted by Gasteiger charge is -2.11. The van der Waals surface area contributed by atoms with Crippen molar-refractivity contribution in [3.8, 4) is 11.5 Å². The van der Waals surface area contributed by atoms with Gasteiger partial charge < -0.3 is 20.1 Å². The summed E-state index contributed by atoms with van der Waals surface area (Å²) in [5, 5.41) is 27.9. The number of carbonyl (C=O) groups is 2. The topological polar surface area (TPSA) is 104 Å². The van der Waals surface area contributed by atoms with Crippen molar-refractivity contribution in [2.45, 2.75) is 13.8 Å². The molecular weight excluding hydrogens is 228 g/mol. The number of ether oxygens (including phenoxy) is 1. The normalized spacial score (nSPS) is 10.0. The molecule has 6 nitrogen and oxygen atoms in total. The van der Waals surface area contributed by atoms with Gasteiger partial charge in [0.25, 0.3) is 0 Å². The number of phenols is 2. The van der Waals surface area contributed by atoms with E-state index in [1.54, 1.807) is 6.92 Å².